The van der Waals surface area contributed by atoms with E-state index in [1.54, 1.807) is 48.5 Å². The summed E-state index contributed by atoms with van der Waals surface area (Å²) in [5.41, 5.74) is 2.24. The molecule has 0 fully saturated rings. The third kappa shape index (κ3) is 5.73. The van der Waals surface area contributed by atoms with Gasteiger partial charge in [-0.3, -0.25) is 14.4 Å². The van der Waals surface area contributed by atoms with Gasteiger partial charge in [-0.2, -0.15) is 0 Å². The van der Waals surface area contributed by atoms with Gasteiger partial charge in [-0.15, -0.1) is 0 Å². The maximum absolute atomic E-state index is 12.3. The van der Waals surface area contributed by atoms with Crippen molar-refractivity contribution in [3.05, 3.63) is 59.7 Å². The second-order valence-corrected chi connectivity index (χ2v) is 6.39. The van der Waals surface area contributed by atoms with Gasteiger partial charge in [0.1, 0.15) is 0 Å². The van der Waals surface area contributed by atoms with E-state index in [-0.39, 0.29) is 17.7 Å². The largest absolute Gasteiger partial charge is 0.352 e. The SMILES string of the molecule is CC(=O)Nc1ccc(NC(=O)c2ccc(C(=O)NCC(C)C)cc2)cc1. The molecular formula is C20H23N3O3. The van der Waals surface area contributed by atoms with Gasteiger partial charge in [-0.25, -0.2) is 0 Å². The summed E-state index contributed by atoms with van der Waals surface area (Å²) in [7, 11) is 0. The fraction of sp³-hybridized carbons (Fsp3) is 0.250. The summed E-state index contributed by atoms with van der Waals surface area (Å²) in [4.78, 5) is 35.3. The van der Waals surface area contributed by atoms with Crippen LogP contribution in [0, 0.1) is 5.92 Å². The standard InChI is InChI=1S/C20H23N3O3/c1-13(2)12-21-19(25)15-4-6-16(7-5-15)20(26)23-18-10-8-17(9-11-18)22-14(3)24/h4-11,13H,12H2,1-3H3,(H,21,25)(H,22,24)(H,23,26). The van der Waals surface area contributed by atoms with Crippen LogP contribution in [0.1, 0.15) is 41.5 Å². The van der Waals surface area contributed by atoms with Crippen LogP contribution in [0.5, 0.6) is 0 Å². The van der Waals surface area contributed by atoms with Crippen molar-refractivity contribution in [2.45, 2.75) is 20.8 Å². The molecule has 0 atom stereocenters. The lowest BCUT2D eigenvalue weighted by molar-refractivity contribution is -0.114. The number of carbonyl (C=O) groups excluding carboxylic acids is 3. The first-order valence-corrected chi connectivity index (χ1v) is 8.42. The lowest BCUT2D eigenvalue weighted by Crippen LogP contribution is -2.27. The quantitative estimate of drug-likeness (QED) is 0.745. The van der Waals surface area contributed by atoms with Crippen LogP contribution in [0.25, 0.3) is 0 Å². The number of benzene rings is 2. The Morgan fingerprint density at radius 3 is 1.69 bits per heavy atom. The molecule has 0 heterocycles. The van der Waals surface area contributed by atoms with E-state index in [2.05, 4.69) is 16.0 Å². The lowest BCUT2D eigenvalue weighted by Gasteiger charge is -2.09. The number of rotatable bonds is 6. The molecule has 0 saturated carbocycles. The molecule has 0 aliphatic heterocycles. The van der Waals surface area contributed by atoms with Gasteiger partial charge < -0.3 is 16.0 Å². The first-order chi connectivity index (χ1) is 12.3. The van der Waals surface area contributed by atoms with Crippen LogP contribution in [0.2, 0.25) is 0 Å². The summed E-state index contributed by atoms with van der Waals surface area (Å²) in [5.74, 6) is -0.203. The second-order valence-electron chi connectivity index (χ2n) is 6.39. The molecule has 0 bridgehead atoms. The summed E-state index contributed by atoms with van der Waals surface area (Å²) >= 11 is 0. The number of anilines is 2. The van der Waals surface area contributed by atoms with Crippen LogP contribution < -0.4 is 16.0 Å². The topological polar surface area (TPSA) is 87.3 Å². The van der Waals surface area contributed by atoms with Crippen LogP contribution >= 0.6 is 0 Å². The Bertz CT molecular complexity index is 781. The van der Waals surface area contributed by atoms with Crippen LogP contribution in [0.4, 0.5) is 11.4 Å². The van der Waals surface area contributed by atoms with Gasteiger partial charge in [-0.05, 0) is 54.4 Å². The maximum atomic E-state index is 12.3. The number of carbonyl (C=O) groups is 3. The summed E-state index contributed by atoms with van der Waals surface area (Å²) in [6, 6.07) is 13.3. The van der Waals surface area contributed by atoms with Gasteiger partial charge in [0.2, 0.25) is 5.91 Å². The molecule has 2 rings (SSSR count). The van der Waals surface area contributed by atoms with Crippen molar-refractivity contribution in [1.82, 2.24) is 5.32 Å². The highest BCUT2D eigenvalue weighted by molar-refractivity contribution is 6.05. The van der Waals surface area contributed by atoms with E-state index in [9.17, 15) is 14.4 Å². The van der Waals surface area contributed by atoms with Gasteiger partial charge in [0.15, 0.2) is 0 Å². The van der Waals surface area contributed by atoms with E-state index in [0.717, 1.165) is 0 Å². The van der Waals surface area contributed by atoms with E-state index in [0.29, 0.717) is 35.0 Å². The van der Waals surface area contributed by atoms with Crippen molar-refractivity contribution in [3.8, 4) is 0 Å². The molecule has 0 spiro atoms. The molecule has 2 aromatic rings. The molecule has 0 saturated heterocycles. The van der Waals surface area contributed by atoms with Crippen molar-refractivity contribution in [2.24, 2.45) is 5.92 Å². The predicted molar refractivity (Wildman–Crippen MR) is 102 cm³/mol. The summed E-state index contributed by atoms with van der Waals surface area (Å²) in [6.07, 6.45) is 0. The normalized spacial score (nSPS) is 10.3. The van der Waals surface area contributed by atoms with E-state index in [1.807, 2.05) is 13.8 Å². The van der Waals surface area contributed by atoms with Gasteiger partial charge in [0.25, 0.3) is 11.8 Å². The Kier molecular flexibility index (Phi) is 6.49. The minimum absolute atomic E-state index is 0.153. The average Bonchev–Trinajstić information content (AvgIpc) is 2.61. The molecule has 0 radical (unpaired) electrons. The van der Waals surface area contributed by atoms with Gasteiger partial charge in [0, 0.05) is 36.0 Å². The number of amides is 3. The Morgan fingerprint density at radius 2 is 1.23 bits per heavy atom. The molecule has 0 aromatic heterocycles. The predicted octanol–water partition coefficient (Wildman–Crippen LogP) is 3.28. The van der Waals surface area contributed by atoms with Crippen molar-refractivity contribution in [1.29, 1.82) is 0 Å². The molecule has 3 N–H and O–H groups in total. The highest BCUT2D eigenvalue weighted by atomic mass is 16.2. The zero-order valence-corrected chi connectivity index (χ0v) is 15.1. The van der Waals surface area contributed by atoms with Crippen molar-refractivity contribution in [2.75, 3.05) is 17.2 Å². The van der Waals surface area contributed by atoms with Crippen LogP contribution in [0.3, 0.4) is 0 Å². The molecule has 6 heteroatoms. The molecule has 6 nitrogen and oxygen atoms in total. The Labute approximate surface area is 153 Å². The second kappa shape index (κ2) is 8.80. The van der Waals surface area contributed by atoms with Gasteiger partial charge >= 0.3 is 0 Å². The highest BCUT2D eigenvalue weighted by Gasteiger charge is 2.09. The van der Waals surface area contributed by atoms with Crippen LogP contribution in [-0.2, 0) is 4.79 Å². The molecule has 26 heavy (non-hydrogen) atoms. The minimum atomic E-state index is -0.272. The highest BCUT2D eigenvalue weighted by Crippen LogP contribution is 2.15. The molecule has 0 aliphatic carbocycles. The lowest BCUT2D eigenvalue weighted by atomic mass is 10.1. The first-order valence-electron chi connectivity index (χ1n) is 8.42. The number of hydrogen-bond acceptors (Lipinski definition) is 3. The van der Waals surface area contributed by atoms with E-state index >= 15 is 0 Å². The fourth-order valence-corrected chi connectivity index (χ4v) is 2.22. The third-order valence-corrected chi connectivity index (χ3v) is 3.54. The zero-order valence-electron chi connectivity index (χ0n) is 15.1. The third-order valence-electron chi connectivity index (χ3n) is 3.54. The average molecular weight is 353 g/mol. The Balaban J connectivity index is 1.97. The van der Waals surface area contributed by atoms with Crippen molar-refractivity contribution >= 4 is 29.1 Å². The monoisotopic (exact) mass is 353 g/mol. The number of hydrogen-bond donors (Lipinski definition) is 3. The maximum Gasteiger partial charge on any atom is 0.255 e. The summed E-state index contributed by atoms with van der Waals surface area (Å²) in [6.45, 7) is 6.09. The molecule has 0 aliphatic rings. The first kappa shape index (κ1) is 19.2. The van der Waals surface area contributed by atoms with Crippen molar-refractivity contribution in [3.63, 3.8) is 0 Å². The molecule has 2 aromatic carbocycles. The van der Waals surface area contributed by atoms with E-state index in [4.69, 9.17) is 0 Å². The van der Waals surface area contributed by atoms with E-state index < -0.39 is 0 Å². The molecule has 3 amide bonds. The van der Waals surface area contributed by atoms with E-state index in [1.165, 1.54) is 6.92 Å². The molecule has 136 valence electrons. The van der Waals surface area contributed by atoms with Gasteiger partial charge in [-0.1, -0.05) is 13.8 Å². The number of nitrogens with one attached hydrogen (secondary N) is 3. The summed E-state index contributed by atoms with van der Waals surface area (Å²) in [5, 5.41) is 8.27. The summed E-state index contributed by atoms with van der Waals surface area (Å²) < 4.78 is 0. The molecular weight excluding hydrogens is 330 g/mol. The molecule has 0 unspecified atom stereocenters. The Morgan fingerprint density at radius 1 is 0.769 bits per heavy atom. The Hall–Kier alpha value is -3.15. The zero-order chi connectivity index (χ0) is 19.1. The van der Waals surface area contributed by atoms with Gasteiger partial charge in [0.05, 0.1) is 0 Å². The van der Waals surface area contributed by atoms with Crippen LogP contribution in [0.15, 0.2) is 48.5 Å². The smallest absolute Gasteiger partial charge is 0.255 e. The van der Waals surface area contributed by atoms with Crippen LogP contribution in [-0.4, -0.2) is 24.3 Å². The van der Waals surface area contributed by atoms with Crippen molar-refractivity contribution < 1.29 is 14.4 Å². The minimum Gasteiger partial charge on any atom is -0.352 e. The fourth-order valence-electron chi connectivity index (χ4n) is 2.22.